The van der Waals surface area contributed by atoms with Crippen LogP contribution < -0.4 is 5.32 Å². The van der Waals surface area contributed by atoms with E-state index in [0.29, 0.717) is 17.4 Å². The van der Waals surface area contributed by atoms with E-state index in [1.807, 2.05) is 27.2 Å². The number of aliphatic hydroxyl groups is 1. The van der Waals surface area contributed by atoms with Gasteiger partial charge in [-0.1, -0.05) is 291 Å². The van der Waals surface area contributed by atoms with Crippen molar-refractivity contribution in [1.82, 2.24) is 5.32 Å². The highest BCUT2D eigenvalue weighted by Gasteiger charge is 2.27. The number of hydrogen-bond acceptors (Lipinski definition) is 5. The molecule has 79 heavy (non-hydrogen) atoms. The van der Waals surface area contributed by atoms with Gasteiger partial charge in [0, 0.05) is 6.42 Å². The van der Waals surface area contributed by atoms with Gasteiger partial charge in [-0.2, -0.15) is 0 Å². The Balaban J connectivity index is 4.18. The van der Waals surface area contributed by atoms with Gasteiger partial charge in [-0.25, -0.2) is 4.57 Å². The van der Waals surface area contributed by atoms with E-state index >= 15 is 0 Å². The average molecular weight is 1120 g/mol. The Bertz CT molecular complexity index is 1610. The Kier molecular flexibility index (Phi) is 58.1. The van der Waals surface area contributed by atoms with E-state index in [0.717, 1.165) is 77.0 Å². The average Bonchev–Trinajstić information content (AvgIpc) is 3.42. The zero-order valence-electron chi connectivity index (χ0n) is 52.3. The van der Waals surface area contributed by atoms with Crippen LogP contribution >= 0.6 is 7.82 Å². The predicted molar refractivity (Wildman–Crippen MR) is 346 cm³/mol. The molecular formula is C70H128N2O6P+. The quantitative estimate of drug-likeness (QED) is 0.0243. The van der Waals surface area contributed by atoms with Gasteiger partial charge in [0.2, 0.25) is 5.91 Å². The van der Waals surface area contributed by atoms with Gasteiger partial charge >= 0.3 is 7.82 Å². The van der Waals surface area contributed by atoms with E-state index in [9.17, 15) is 19.4 Å². The predicted octanol–water partition coefficient (Wildman–Crippen LogP) is 20.9. The maximum Gasteiger partial charge on any atom is 0.472 e. The largest absolute Gasteiger partial charge is 0.472 e. The normalized spacial score (nSPS) is 14.4. The third kappa shape index (κ3) is 62.9. The smallest absolute Gasteiger partial charge is 0.387 e. The van der Waals surface area contributed by atoms with Crippen molar-refractivity contribution in [3.8, 4) is 0 Å². The minimum absolute atomic E-state index is 0.0504. The molecule has 0 saturated heterocycles. The van der Waals surface area contributed by atoms with Crippen molar-refractivity contribution in [1.29, 1.82) is 0 Å². The van der Waals surface area contributed by atoms with Gasteiger partial charge in [-0.05, 0) is 89.9 Å². The summed E-state index contributed by atoms with van der Waals surface area (Å²) in [4.78, 5) is 23.4. The summed E-state index contributed by atoms with van der Waals surface area (Å²) >= 11 is 0. The zero-order valence-corrected chi connectivity index (χ0v) is 53.2. The zero-order chi connectivity index (χ0) is 57.7. The summed E-state index contributed by atoms with van der Waals surface area (Å²) < 4.78 is 23.8. The molecule has 0 heterocycles. The standard InChI is InChI=1S/C70H127N2O6P/c1-6-8-10-12-14-16-18-20-22-24-26-28-30-32-34-35-36-37-38-40-42-44-46-48-50-52-54-56-58-60-62-64-70(74)71-68(67-78-79(75,76)77-66-65-72(3,4)5)69(73)63-61-59-57-55-53-51-49-47-45-43-41-39-33-31-29-27-25-23-21-19-17-15-13-11-9-7-2/h8,10,14,16,20,22,26,28,32,34,45,47,53,55,61,63,68-69,73H,6-7,9,11-13,15,17-19,21,23-25,27,29-31,33,35-44,46,48-52,54,56-60,62,64-67H2,1-5H3,(H-,71,74,75,76)/p+1/b10-8-,16-14-,22-20-,28-26-,34-32-,47-45+,55-53+,63-61+. The van der Waals surface area contributed by atoms with Crippen molar-refractivity contribution < 1.29 is 32.9 Å². The molecule has 0 aliphatic rings. The number of likely N-dealkylation sites (N-methyl/N-ethyl adjacent to an activating group) is 1. The molecule has 3 unspecified atom stereocenters. The van der Waals surface area contributed by atoms with Crippen LogP contribution in [0.5, 0.6) is 0 Å². The monoisotopic (exact) mass is 1120 g/mol. The van der Waals surface area contributed by atoms with Crippen LogP contribution in [0.3, 0.4) is 0 Å². The molecule has 0 spiro atoms. The Labute approximate surface area is 489 Å². The number of hydrogen-bond donors (Lipinski definition) is 3. The highest BCUT2D eigenvalue weighted by molar-refractivity contribution is 7.47. The number of phosphoric ester groups is 1. The molecule has 0 aliphatic heterocycles. The third-order valence-electron chi connectivity index (χ3n) is 14.5. The maximum atomic E-state index is 13.0. The van der Waals surface area contributed by atoms with E-state index in [2.05, 4.69) is 104 Å². The van der Waals surface area contributed by atoms with Gasteiger partial charge in [0.05, 0.1) is 39.9 Å². The Hall–Kier alpha value is -2.58. The molecule has 9 heteroatoms. The number of aliphatic hydroxyl groups excluding tert-OH is 1. The van der Waals surface area contributed by atoms with Gasteiger partial charge in [-0.15, -0.1) is 0 Å². The second-order valence-electron chi connectivity index (χ2n) is 23.4. The second-order valence-corrected chi connectivity index (χ2v) is 24.9. The lowest BCUT2D eigenvalue weighted by molar-refractivity contribution is -0.870. The van der Waals surface area contributed by atoms with Crippen LogP contribution in [0.2, 0.25) is 0 Å². The van der Waals surface area contributed by atoms with Gasteiger partial charge in [0.25, 0.3) is 0 Å². The second kappa shape index (κ2) is 60.0. The fraction of sp³-hybridized carbons (Fsp3) is 0.757. The van der Waals surface area contributed by atoms with Crippen molar-refractivity contribution in [2.45, 2.75) is 302 Å². The van der Waals surface area contributed by atoms with E-state index in [1.165, 1.54) is 193 Å². The molecule has 0 rings (SSSR count). The Morgan fingerprint density at radius 2 is 0.772 bits per heavy atom. The van der Waals surface area contributed by atoms with E-state index in [4.69, 9.17) is 9.05 Å². The minimum atomic E-state index is -4.37. The molecule has 0 aliphatic carbocycles. The number of phosphoric acid groups is 1. The molecule has 0 radical (unpaired) electrons. The minimum Gasteiger partial charge on any atom is -0.387 e. The summed E-state index contributed by atoms with van der Waals surface area (Å²) in [7, 11) is 1.54. The SMILES string of the molecule is CC/C=C\C/C=C\C/C=C\C/C=C\C/C=C\CCCCCCCCCCCCCCCCCC(=O)NC(COP(=O)(O)OCC[N+](C)(C)C)C(O)/C=C/CC/C=C/CC/C=C/CCCCCCCCCCCCCCCCCC. The summed E-state index contributed by atoms with van der Waals surface area (Å²) in [6.07, 6.45) is 86.9. The summed E-state index contributed by atoms with van der Waals surface area (Å²) in [5.74, 6) is -0.192. The highest BCUT2D eigenvalue weighted by atomic mass is 31.2. The number of carbonyl (C=O) groups excluding carboxylic acids is 1. The van der Waals surface area contributed by atoms with Crippen molar-refractivity contribution >= 4 is 13.7 Å². The molecule has 3 N–H and O–H groups in total. The summed E-state index contributed by atoms with van der Waals surface area (Å²) in [5, 5.41) is 14.0. The number of quaternary nitrogens is 1. The lowest BCUT2D eigenvalue weighted by Gasteiger charge is -2.25. The molecule has 0 aromatic carbocycles. The number of rotatable bonds is 60. The van der Waals surface area contributed by atoms with Crippen LogP contribution in [0.15, 0.2) is 97.2 Å². The molecule has 8 nitrogen and oxygen atoms in total. The summed E-state index contributed by atoms with van der Waals surface area (Å²) in [5.41, 5.74) is 0. The van der Waals surface area contributed by atoms with Crippen LogP contribution in [0, 0.1) is 0 Å². The first-order chi connectivity index (χ1) is 38.5. The molecule has 3 atom stereocenters. The number of allylic oxidation sites excluding steroid dienone is 15. The number of nitrogens with zero attached hydrogens (tertiary/aromatic N) is 1. The highest BCUT2D eigenvalue weighted by Crippen LogP contribution is 2.43. The van der Waals surface area contributed by atoms with Gasteiger partial charge in [0.15, 0.2) is 0 Å². The first-order valence-corrected chi connectivity index (χ1v) is 34.6. The van der Waals surface area contributed by atoms with Gasteiger partial charge in [0.1, 0.15) is 13.2 Å². The van der Waals surface area contributed by atoms with Crippen LogP contribution in [-0.4, -0.2) is 73.4 Å². The number of amides is 1. The molecule has 0 aromatic heterocycles. The van der Waals surface area contributed by atoms with Crippen molar-refractivity contribution in [3.63, 3.8) is 0 Å². The summed E-state index contributed by atoms with van der Waals surface area (Å²) in [6.45, 7) is 4.70. The van der Waals surface area contributed by atoms with Crippen molar-refractivity contribution in [2.24, 2.45) is 0 Å². The van der Waals surface area contributed by atoms with Crippen LogP contribution in [0.25, 0.3) is 0 Å². The van der Waals surface area contributed by atoms with Gasteiger partial charge in [-0.3, -0.25) is 13.8 Å². The van der Waals surface area contributed by atoms with Crippen LogP contribution in [-0.2, 0) is 18.4 Å². The van der Waals surface area contributed by atoms with Gasteiger partial charge < -0.3 is 19.8 Å². The summed E-state index contributed by atoms with van der Waals surface area (Å²) in [6, 6.07) is -0.876. The van der Waals surface area contributed by atoms with Crippen LogP contribution in [0.1, 0.15) is 290 Å². The number of nitrogens with one attached hydrogen (secondary N) is 1. The first kappa shape index (κ1) is 76.4. The lowest BCUT2D eigenvalue weighted by Crippen LogP contribution is -2.45. The molecule has 0 fully saturated rings. The molecule has 0 saturated carbocycles. The fourth-order valence-electron chi connectivity index (χ4n) is 9.40. The number of carbonyl (C=O) groups is 1. The Morgan fingerprint density at radius 1 is 0.443 bits per heavy atom. The first-order valence-electron chi connectivity index (χ1n) is 33.1. The fourth-order valence-corrected chi connectivity index (χ4v) is 10.1. The van der Waals surface area contributed by atoms with Crippen molar-refractivity contribution in [2.75, 3.05) is 40.9 Å². The van der Waals surface area contributed by atoms with E-state index in [-0.39, 0.29) is 19.1 Å². The van der Waals surface area contributed by atoms with E-state index in [1.54, 1.807) is 6.08 Å². The van der Waals surface area contributed by atoms with Crippen molar-refractivity contribution in [3.05, 3.63) is 97.2 Å². The molecule has 0 bridgehead atoms. The molecule has 0 aromatic rings. The number of unbranched alkanes of at least 4 members (excludes halogenated alkanes) is 33. The van der Waals surface area contributed by atoms with Crippen LogP contribution in [0.4, 0.5) is 0 Å². The maximum absolute atomic E-state index is 13.0. The Morgan fingerprint density at radius 3 is 1.16 bits per heavy atom. The topological polar surface area (TPSA) is 105 Å². The lowest BCUT2D eigenvalue weighted by atomic mass is 10.0. The van der Waals surface area contributed by atoms with E-state index < -0.39 is 20.0 Å². The molecule has 458 valence electrons. The molecular weight excluding hydrogens is 996 g/mol. The molecule has 1 amide bonds. The third-order valence-corrected chi connectivity index (χ3v) is 15.5.